The van der Waals surface area contributed by atoms with E-state index >= 15 is 8.78 Å². The molecule has 2 saturated heterocycles. The number of imide groups is 1. The molecule has 3 amide bonds. The molecule has 3 fully saturated rings. The Kier molecular flexibility index (Phi) is 9.81. The van der Waals surface area contributed by atoms with E-state index in [1.54, 1.807) is 24.3 Å². The van der Waals surface area contributed by atoms with E-state index in [0.717, 1.165) is 31.9 Å². The Balaban J connectivity index is 0.900. The first-order valence-electron chi connectivity index (χ1n) is 18.6. The monoisotopic (exact) mass is 795 g/mol. The normalized spacial score (nSPS) is 23.1. The predicted octanol–water partition coefficient (Wildman–Crippen LogP) is 5.58. The van der Waals surface area contributed by atoms with Crippen molar-refractivity contribution in [2.45, 2.75) is 75.0 Å². The minimum absolute atomic E-state index is 0.0269. The average Bonchev–Trinajstić information content (AvgIpc) is 3.75. The first-order valence-corrected chi connectivity index (χ1v) is 18.6. The molecule has 0 radical (unpaired) electrons. The van der Waals surface area contributed by atoms with Gasteiger partial charge in [-0.15, -0.1) is 0 Å². The lowest BCUT2D eigenvalue weighted by atomic mass is 9.83. The number of fused-ring (bicyclic) bond motifs is 2. The number of imidazole rings is 1. The van der Waals surface area contributed by atoms with Crippen LogP contribution in [0.5, 0.6) is 5.75 Å². The number of nitrogens with zero attached hydrogens (tertiary/aromatic N) is 6. The Morgan fingerprint density at radius 1 is 1.05 bits per heavy atom. The van der Waals surface area contributed by atoms with Crippen LogP contribution in [0.3, 0.4) is 0 Å². The summed E-state index contributed by atoms with van der Waals surface area (Å²) >= 11 is 0. The van der Waals surface area contributed by atoms with Gasteiger partial charge in [-0.25, -0.2) is 18.6 Å². The number of methoxy groups -OCH3 is 1. The molecule has 2 aromatic carbocycles. The maximum Gasteiger partial charge on any atom is 0.434 e. The molecular formula is C38H38F5N9O5. The summed E-state index contributed by atoms with van der Waals surface area (Å²) in [6, 6.07) is 7.10. The zero-order valence-electron chi connectivity index (χ0n) is 30.6. The molecule has 14 nitrogen and oxygen atoms in total. The summed E-state index contributed by atoms with van der Waals surface area (Å²) in [5, 5.41) is 10.2. The minimum atomic E-state index is -4.76. The number of benzene rings is 2. The van der Waals surface area contributed by atoms with E-state index in [1.807, 2.05) is 15.8 Å². The number of nitrogens with one attached hydrogen (secondary N) is 3. The summed E-state index contributed by atoms with van der Waals surface area (Å²) < 4.78 is 79.9. The Labute approximate surface area is 320 Å². The van der Waals surface area contributed by atoms with Crippen molar-refractivity contribution < 1.29 is 41.1 Å². The number of carbonyl (C=O) groups is 3. The third-order valence-corrected chi connectivity index (χ3v) is 11.3. The molecule has 300 valence electrons. The second kappa shape index (κ2) is 14.7. The Morgan fingerprint density at radius 2 is 1.84 bits per heavy atom. The molecule has 3 N–H and O–H groups in total. The number of rotatable bonds is 8. The number of alkyl halides is 5. The molecule has 3 aromatic heterocycles. The molecule has 57 heavy (non-hydrogen) atoms. The summed E-state index contributed by atoms with van der Waals surface area (Å²) in [7, 11) is 1.44. The number of H-pyrrole nitrogens is 1. The number of para-hydroxylation sites is 1. The predicted molar refractivity (Wildman–Crippen MR) is 195 cm³/mol. The van der Waals surface area contributed by atoms with Gasteiger partial charge in [-0.2, -0.15) is 18.3 Å². The van der Waals surface area contributed by atoms with Gasteiger partial charge in [-0.05, 0) is 68.7 Å². The van der Waals surface area contributed by atoms with Gasteiger partial charge in [0.05, 0.1) is 49.0 Å². The lowest BCUT2D eigenvalue weighted by Gasteiger charge is -2.41. The largest absolute Gasteiger partial charge is 0.494 e. The molecule has 19 heteroatoms. The molecule has 0 bridgehead atoms. The molecule has 5 aromatic rings. The Bertz CT molecular complexity index is 2430. The van der Waals surface area contributed by atoms with Gasteiger partial charge < -0.3 is 15.0 Å². The molecule has 3 aliphatic rings. The van der Waals surface area contributed by atoms with E-state index in [-0.39, 0.29) is 42.4 Å². The Morgan fingerprint density at radius 3 is 2.56 bits per heavy atom. The van der Waals surface area contributed by atoms with Crippen LogP contribution in [0.1, 0.15) is 84.7 Å². The highest BCUT2D eigenvalue weighted by molar-refractivity contribution is 6.04. The zero-order chi connectivity index (χ0) is 40.2. The number of piperidine rings is 2. The summed E-state index contributed by atoms with van der Waals surface area (Å²) in [6.07, 6.45) is 2.02. The second-order valence-electron chi connectivity index (χ2n) is 15.0. The third kappa shape index (κ3) is 7.47. The number of hydrogen-bond acceptors (Lipinski definition) is 9. The quantitative estimate of drug-likeness (QED) is 0.134. The fourth-order valence-electron chi connectivity index (χ4n) is 8.55. The number of aromatic nitrogens is 6. The zero-order valence-corrected chi connectivity index (χ0v) is 30.6. The lowest BCUT2D eigenvalue weighted by molar-refractivity contribution is -0.141. The van der Waals surface area contributed by atoms with Crippen LogP contribution >= 0.6 is 0 Å². The van der Waals surface area contributed by atoms with Crippen molar-refractivity contribution >= 4 is 45.3 Å². The van der Waals surface area contributed by atoms with Gasteiger partial charge in [0.2, 0.25) is 11.8 Å². The van der Waals surface area contributed by atoms with Gasteiger partial charge in [0.25, 0.3) is 11.8 Å². The van der Waals surface area contributed by atoms with Crippen molar-refractivity contribution in [3.8, 4) is 5.75 Å². The molecule has 2 aliphatic heterocycles. The van der Waals surface area contributed by atoms with Crippen molar-refractivity contribution in [2.75, 3.05) is 32.1 Å². The maximum atomic E-state index is 16.0. The van der Waals surface area contributed by atoms with Crippen molar-refractivity contribution in [3.05, 3.63) is 76.4 Å². The van der Waals surface area contributed by atoms with E-state index in [0.29, 0.717) is 47.0 Å². The molecule has 0 spiro atoms. The highest BCUT2D eigenvalue weighted by atomic mass is 19.4. The van der Waals surface area contributed by atoms with Gasteiger partial charge in [0.1, 0.15) is 23.0 Å². The van der Waals surface area contributed by atoms with Crippen molar-refractivity contribution in [1.29, 1.82) is 0 Å². The van der Waals surface area contributed by atoms with E-state index < -0.39 is 65.4 Å². The van der Waals surface area contributed by atoms with E-state index in [9.17, 15) is 32.3 Å². The van der Waals surface area contributed by atoms with Gasteiger partial charge in [0, 0.05) is 36.3 Å². The van der Waals surface area contributed by atoms with E-state index in [2.05, 4.69) is 25.6 Å². The SMILES string of the molecule is COc1cc(NC(=O)c2cncc(C(F)(F)F)n2)cc2cn(C3CCC(CN4CC[C@@H](c5cccc6c5[nH]c(=O)n6C5CCC(=O)NC5=O)C(F)(F)C4)CC3)nc12. The topological polar surface area (TPSA) is 169 Å². The smallest absolute Gasteiger partial charge is 0.434 e. The van der Waals surface area contributed by atoms with Gasteiger partial charge in [-0.1, -0.05) is 12.1 Å². The van der Waals surface area contributed by atoms with Gasteiger partial charge in [0.15, 0.2) is 5.69 Å². The first kappa shape index (κ1) is 38.2. The Hall–Kier alpha value is -5.72. The molecule has 5 heterocycles. The van der Waals surface area contributed by atoms with Crippen molar-refractivity contribution in [2.24, 2.45) is 5.92 Å². The van der Waals surface area contributed by atoms with Gasteiger partial charge >= 0.3 is 11.9 Å². The second-order valence-corrected chi connectivity index (χ2v) is 15.0. The molecule has 1 unspecified atom stereocenters. The molecule has 2 atom stereocenters. The van der Waals surface area contributed by atoms with Crippen LogP contribution in [0.2, 0.25) is 0 Å². The van der Waals surface area contributed by atoms with Crippen LogP contribution in [0.25, 0.3) is 21.9 Å². The number of halogens is 5. The molecule has 1 saturated carbocycles. The first-order chi connectivity index (χ1) is 27.2. The van der Waals surface area contributed by atoms with Crippen LogP contribution in [0, 0.1) is 5.92 Å². The number of likely N-dealkylation sites (tertiary alicyclic amines) is 1. The minimum Gasteiger partial charge on any atom is -0.494 e. The highest BCUT2D eigenvalue weighted by Crippen LogP contribution is 2.44. The standard InChI is InChI=1S/C38H38F5N9O5/c1-57-29-14-22(45-34(54)26-15-44-16-30(46-26)38(41,42)43)13-21-18-51(49-32(21)29)23-7-5-20(6-8-23)17-50-12-11-25(37(39,40)19-50)24-3-2-4-27-33(24)48-36(56)52(27)28-9-10-31(53)47-35(28)55/h2-4,13-16,18,20,23,25,28H,5-12,17,19H2,1H3,(H,45,54)(H,48,56)(H,47,53,55)/t20?,23?,25-,28?/m0/s1. The average molecular weight is 796 g/mol. The number of carbonyl (C=O) groups excluding carboxylic acids is 3. The summed E-state index contributed by atoms with van der Waals surface area (Å²) in [6.45, 7) is 0.518. The fraction of sp³-hybridized carbons (Fsp3) is 0.447. The maximum absolute atomic E-state index is 16.0. The van der Waals surface area contributed by atoms with Crippen molar-refractivity contribution in [3.63, 3.8) is 0 Å². The van der Waals surface area contributed by atoms with Crippen molar-refractivity contribution in [1.82, 2.24) is 39.5 Å². The molecule has 8 rings (SSSR count). The lowest BCUT2D eigenvalue weighted by Crippen LogP contribution is -2.49. The number of aromatic amines is 1. The van der Waals surface area contributed by atoms with Crippen LogP contribution in [0.15, 0.2) is 53.7 Å². The fourth-order valence-corrected chi connectivity index (χ4v) is 8.55. The van der Waals surface area contributed by atoms with Crippen LogP contribution in [0.4, 0.5) is 27.6 Å². The highest BCUT2D eigenvalue weighted by Gasteiger charge is 2.47. The third-order valence-electron chi connectivity index (χ3n) is 11.3. The molecular weight excluding hydrogens is 757 g/mol. The number of hydrogen-bond donors (Lipinski definition) is 3. The number of amides is 3. The van der Waals surface area contributed by atoms with Crippen LogP contribution in [-0.2, 0) is 15.8 Å². The van der Waals surface area contributed by atoms with E-state index in [1.165, 1.54) is 17.7 Å². The summed E-state index contributed by atoms with van der Waals surface area (Å²) in [5.74, 6) is -5.59. The van der Waals surface area contributed by atoms with Crippen LogP contribution < -0.4 is 21.1 Å². The van der Waals surface area contributed by atoms with E-state index in [4.69, 9.17) is 9.84 Å². The molecule has 1 aliphatic carbocycles. The van der Waals surface area contributed by atoms with Gasteiger partial charge in [-0.3, -0.25) is 38.8 Å². The number of anilines is 1. The number of ether oxygens (including phenoxy) is 1. The summed E-state index contributed by atoms with van der Waals surface area (Å²) in [5.41, 5.74) is -0.625. The summed E-state index contributed by atoms with van der Waals surface area (Å²) in [4.78, 5) is 61.5. The van der Waals surface area contributed by atoms with Crippen LogP contribution in [-0.4, -0.2) is 84.6 Å².